The van der Waals surface area contributed by atoms with Gasteiger partial charge in [-0.05, 0) is 45.6 Å². The van der Waals surface area contributed by atoms with Gasteiger partial charge >= 0.3 is 0 Å². The van der Waals surface area contributed by atoms with E-state index in [0.717, 1.165) is 18.7 Å². The molecular formula is C23H29F2N5O3. The van der Waals surface area contributed by atoms with Gasteiger partial charge in [0, 0.05) is 25.2 Å². The third-order valence-corrected chi connectivity index (χ3v) is 4.66. The summed E-state index contributed by atoms with van der Waals surface area (Å²) in [5, 5.41) is 15.1. The molecule has 0 fully saturated rings. The molecule has 0 aliphatic heterocycles. The van der Waals surface area contributed by atoms with Gasteiger partial charge in [-0.2, -0.15) is 0 Å². The molecule has 178 valence electrons. The molecule has 0 unspecified atom stereocenters. The van der Waals surface area contributed by atoms with Crippen LogP contribution < -0.4 is 10.6 Å². The molecule has 2 amide bonds. The van der Waals surface area contributed by atoms with Gasteiger partial charge in [-0.15, -0.1) is 5.92 Å². The summed E-state index contributed by atoms with van der Waals surface area (Å²) in [6.45, 7) is 6.54. The highest BCUT2D eigenvalue weighted by Crippen LogP contribution is 2.19. The number of imidazole rings is 1. The van der Waals surface area contributed by atoms with Gasteiger partial charge in [-0.25, -0.2) is 13.8 Å². The minimum absolute atomic E-state index is 0.261. The van der Waals surface area contributed by atoms with Crippen LogP contribution in [0.2, 0.25) is 0 Å². The van der Waals surface area contributed by atoms with Gasteiger partial charge in [0.05, 0.1) is 11.9 Å². The zero-order valence-corrected chi connectivity index (χ0v) is 19.3. The van der Waals surface area contributed by atoms with Crippen molar-refractivity contribution in [1.82, 2.24) is 19.8 Å². The van der Waals surface area contributed by atoms with E-state index in [-0.39, 0.29) is 16.9 Å². The van der Waals surface area contributed by atoms with E-state index in [9.17, 15) is 23.5 Å². The highest BCUT2D eigenvalue weighted by molar-refractivity contribution is 5.99. The fraction of sp³-hybridized carbons (Fsp3) is 0.435. The second-order valence-corrected chi connectivity index (χ2v) is 8.43. The average molecular weight is 462 g/mol. The lowest BCUT2D eigenvalue weighted by Gasteiger charge is -2.29. The van der Waals surface area contributed by atoms with E-state index in [1.807, 2.05) is 37.4 Å². The smallest absolute Gasteiger partial charge is 0.260 e. The molecule has 2 atom stereocenters. The van der Waals surface area contributed by atoms with E-state index >= 15 is 0 Å². The normalized spacial score (nSPS) is 13.1. The van der Waals surface area contributed by atoms with Gasteiger partial charge in [0.15, 0.2) is 18.0 Å². The third kappa shape index (κ3) is 7.37. The molecule has 0 radical (unpaired) electrons. The first kappa shape index (κ1) is 26.0. The first-order valence-corrected chi connectivity index (χ1v) is 10.4. The summed E-state index contributed by atoms with van der Waals surface area (Å²) in [7, 11) is 3.90. The Morgan fingerprint density at radius 2 is 1.85 bits per heavy atom. The zero-order valence-electron chi connectivity index (χ0n) is 19.3. The van der Waals surface area contributed by atoms with Crippen LogP contribution in [0, 0.1) is 23.5 Å². The van der Waals surface area contributed by atoms with Crippen molar-refractivity contribution in [2.75, 3.05) is 26.0 Å². The quantitative estimate of drug-likeness (QED) is 0.523. The summed E-state index contributed by atoms with van der Waals surface area (Å²) < 4.78 is 28.7. The Balaban J connectivity index is 2.15. The Morgan fingerprint density at radius 3 is 2.42 bits per heavy atom. The summed E-state index contributed by atoms with van der Waals surface area (Å²) in [5.41, 5.74) is -0.575. The van der Waals surface area contributed by atoms with Crippen molar-refractivity contribution >= 4 is 17.6 Å². The molecule has 10 heteroatoms. The minimum Gasteiger partial charge on any atom is -0.378 e. The average Bonchev–Trinajstić information content (AvgIpc) is 3.18. The van der Waals surface area contributed by atoms with Crippen LogP contribution in [0.25, 0.3) is 0 Å². The van der Waals surface area contributed by atoms with Crippen molar-refractivity contribution in [3.63, 3.8) is 0 Å². The maximum Gasteiger partial charge on any atom is 0.260 e. The fourth-order valence-corrected chi connectivity index (χ4v) is 3.25. The number of carbonyl (C=O) groups excluding carboxylic acids is 2. The molecule has 2 rings (SSSR count). The van der Waals surface area contributed by atoms with Crippen LogP contribution >= 0.6 is 0 Å². The molecule has 33 heavy (non-hydrogen) atoms. The molecule has 0 aliphatic carbocycles. The number of likely N-dealkylation sites (N-methyl/N-ethyl adjacent to an activating group) is 1. The van der Waals surface area contributed by atoms with E-state index in [1.165, 1.54) is 0 Å². The number of benzene rings is 1. The minimum atomic E-state index is -1.89. The van der Waals surface area contributed by atoms with Crippen molar-refractivity contribution in [1.29, 1.82) is 0 Å². The first-order chi connectivity index (χ1) is 15.4. The Labute approximate surface area is 192 Å². The molecule has 0 aliphatic rings. The molecule has 0 spiro atoms. The van der Waals surface area contributed by atoms with Gasteiger partial charge in [0.2, 0.25) is 0 Å². The summed E-state index contributed by atoms with van der Waals surface area (Å²) in [6.07, 6.45) is 1.79. The van der Waals surface area contributed by atoms with E-state index < -0.39 is 35.6 Å². The lowest BCUT2D eigenvalue weighted by atomic mass is 10.1. The summed E-state index contributed by atoms with van der Waals surface area (Å²) in [5.74, 6) is 2.02. The number of halogens is 2. The van der Waals surface area contributed by atoms with Crippen molar-refractivity contribution in [2.24, 2.45) is 0 Å². The maximum absolute atomic E-state index is 13.4. The lowest BCUT2D eigenvalue weighted by molar-refractivity contribution is -0.132. The van der Waals surface area contributed by atoms with Crippen molar-refractivity contribution in [3.05, 3.63) is 47.9 Å². The zero-order chi connectivity index (χ0) is 24.8. The van der Waals surface area contributed by atoms with Gasteiger partial charge in [0.1, 0.15) is 11.6 Å². The van der Waals surface area contributed by atoms with E-state index in [2.05, 4.69) is 27.5 Å². The molecule has 0 saturated heterocycles. The van der Waals surface area contributed by atoms with Crippen LogP contribution in [-0.4, -0.2) is 58.1 Å². The maximum atomic E-state index is 13.4. The molecule has 1 aromatic heterocycles. The molecule has 1 aromatic carbocycles. The highest BCUT2D eigenvalue weighted by atomic mass is 19.1. The Bertz CT molecular complexity index is 1040. The van der Waals surface area contributed by atoms with Gasteiger partial charge in [0.25, 0.3) is 11.8 Å². The number of aliphatic hydroxyl groups is 1. The van der Waals surface area contributed by atoms with Gasteiger partial charge in [-0.1, -0.05) is 12.8 Å². The molecule has 0 saturated carbocycles. The second kappa shape index (κ2) is 11.0. The number of anilines is 1. The number of aliphatic hydroxyl groups excluding tert-OH is 1. The standard InChI is InChI=1S/C23H29F2N5O3/c1-6-7-8-18(27-22(33)20(31)15-9-16(24)11-17(25)10-15)21(32)28-19-12-30(14-26-19)23(2,3)13-29(4)5/h9-12,14,18,20,31H,6,13H2,1-5H3,(H,27,33)(H,28,32)/t18-,20+/m0/s1. The van der Waals surface area contributed by atoms with Crippen molar-refractivity contribution in [3.8, 4) is 11.8 Å². The van der Waals surface area contributed by atoms with Crippen LogP contribution in [-0.2, 0) is 15.1 Å². The number of nitrogens with one attached hydrogen (secondary N) is 2. The third-order valence-electron chi connectivity index (χ3n) is 4.66. The van der Waals surface area contributed by atoms with Crippen molar-refractivity contribution in [2.45, 2.75) is 44.9 Å². The number of nitrogens with zero attached hydrogens (tertiary/aromatic N) is 3. The van der Waals surface area contributed by atoms with Crippen LogP contribution in [0.15, 0.2) is 30.7 Å². The fourth-order valence-electron chi connectivity index (χ4n) is 3.25. The van der Waals surface area contributed by atoms with Crippen LogP contribution in [0.5, 0.6) is 0 Å². The van der Waals surface area contributed by atoms with Crippen LogP contribution in [0.1, 0.15) is 38.9 Å². The summed E-state index contributed by atoms with van der Waals surface area (Å²) in [4.78, 5) is 31.4. The molecule has 8 nitrogen and oxygen atoms in total. The predicted octanol–water partition coefficient (Wildman–Crippen LogP) is 2.03. The van der Waals surface area contributed by atoms with E-state index in [4.69, 9.17) is 0 Å². The molecule has 3 N–H and O–H groups in total. The van der Waals surface area contributed by atoms with E-state index in [1.54, 1.807) is 19.4 Å². The second-order valence-electron chi connectivity index (χ2n) is 8.43. The predicted molar refractivity (Wildman–Crippen MR) is 120 cm³/mol. The summed E-state index contributed by atoms with van der Waals surface area (Å²) >= 11 is 0. The number of hydrogen-bond donors (Lipinski definition) is 3. The number of carbonyl (C=O) groups is 2. The molecular weight excluding hydrogens is 432 g/mol. The number of hydrogen-bond acceptors (Lipinski definition) is 5. The highest BCUT2D eigenvalue weighted by Gasteiger charge is 2.26. The number of aromatic nitrogens is 2. The molecule has 1 heterocycles. The lowest BCUT2D eigenvalue weighted by Crippen LogP contribution is -2.45. The van der Waals surface area contributed by atoms with Crippen molar-refractivity contribution < 1.29 is 23.5 Å². The SMILES string of the molecule is CCC#C[C@H](NC(=O)[C@H](O)c1cc(F)cc(F)c1)C(=O)Nc1cn(C(C)(C)CN(C)C)cn1. The largest absolute Gasteiger partial charge is 0.378 e. The Kier molecular flexibility index (Phi) is 8.68. The number of rotatable bonds is 8. The Morgan fingerprint density at radius 1 is 1.21 bits per heavy atom. The van der Waals surface area contributed by atoms with Crippen LogP contribution in [0.3, 0.4) is 0 Å². The van der Waals surface area contributed by atoms with E-state index in [0.29, 0.717) is 12.5 Å². The topological polar surface area (TPSA) is 99.5 Å². The Hall–Kier alpha value is -3.29. The van der Waals surface area contributed by atoms with Gasteiger partial charge < -0.3 is 25.2 Å². The first-order valence-electron chi connectivity index (χ1n) is 10.4. The molecule has 0 bridgehead atoms. The summed E-state index contributed by atoms with van der Waals surface area (Å²) in [6, 6.07) is 0.978. The molecule has 2 aromatic rings. The monoisotopic (exact) mass is 461 g/mol. The number of amides is 2. The van der Waals surface area contributed by atoms with Crippen LogP contribution in [0.4, 0.5) is 14.6 Å². The van der Waals surface area contributed by atoms with Gasteiger partial charge in [-0.3, -0.25) is 9.59 Å².